The van der Waals surface area contributed by atoms with Gasteiger partial charge in [0.1, 0.15) is 5.69 Å². The Labute approximate surface area is 107 Å². The van der Waals surface area contributed by atoms with Crippen molar-refractivity contribution in [2.75, 3.05) is 18.5 Å². The first-order valence-corrected chi connectivity index (χ1v) is 5.98. The number of hydrogen-bond donors (Lipinski definition) is 1. The van der Waals surface area contributed by atoms with E-state index in [-0.39, 0.29) is 5.91 Å². The second kappa shape index (κ2) is 5.04. The van der Waals surface area contributed by atoms with Gasteiger partial charge in [0.05, 0.1) is 18.9 Å². The lowest BCUT2D eigenvalue weighted by Crippen LogP contribution is -2.28. The van der Waals surface area contributed by atoms with Crippen LogP contribution in [0.1, 0.15) is 32.8 Å². The molecule has 0 bridgehead atoms. The number of anilines is 1. The van der Waals surface area contributed by atoms with E-state index < -0.39 is 11.7 Å². The number of hydrogen-bond acceptors (Lipinski definition) is 4. The van der Waals surface area contributed by atoms with Crippen LogP contribution in [-0.4, -0.2) is 24.1 Å². The van der Waals surface area contributed by atoms with E-state index in [9.17, 15) is 4.79 Å². The molecule has 1 aliphatic rings. The number of ether oxygens (including phenoxy) is 2. The van der Waals surface area contributed by atoms with Crippen molar-refractivity contribution in [3.8, 4) is 0 Å². The molecule has 0 spiro atoms. The summed E-state index contributed by atoms with van der Waals surface area (Å²) in [6.45, 7) is 6.69. The van der Waals surface area contributed by atoms with Gasteiger partial charge in [0.25, 0.3) is 0 Å². The van der Waals surface area contributed by atoms with E-state index in [1.165, 1.54) is 0 Å². The Morgan fingerprint density at radius 3 is 2.67 bits per heavy atom. The zero-order chi connectivity index (χ0) is 13.2. The second-order valence-electron chi connectivity index (χ2n) is 5.21. The number of nitrogens with zero attached hydrogens (tertiary/aromatic N) is 1. The zero-order valence-corrected chi connectivity index (χ0v) is 10.9. The number of nitrogens with one attached hydrogen (secondary N) is 1. The Bertz CT molecular complexity index is 434. The molecule has 1 saturated heterocycles. The van der Waals surface area contributed by atoms with E-state index >= 15 is 0 Å². The normalized spacial score (nSPS) is 16.8. The van der Waals surface area contributed by atoms with Crippen LogP contribution in [-0.2, 0) is 14.3 Å². The first kappa shape index (κ1) is 13.0. The summed E-state index contributed by atoms with van der Waals surface area (Å²) in [5.41, 5.74) is 0.807. The molecule has 1 aromatic rings. The first-order valence-electron chi connectivity index (χ1n) is 5.98. The zero-order valence-electron chi connectivity index (χ0n) is 10.9. The maximum atomic E-state index is 12.0. The molecule has 2 heterocycles. The summed E-state index contributed by atoms with van der Waals surface area (Å²) in [6.07, 6.45) is 1.18. The molecule has 1 aromatic heterocycles. The van der Waals surface area contributed by atoms with E-state index in [1.54, 1.807) is 18.3 Å². The summed E-state index contributed by atoms with van der Waals surface area (Å²) in [4.78, 5) is 16.2. The van der Waals surface area contributed by atoms with E-state index in [0.29, 0.717) is 24.6 Å². The summed E-state index contributed by atoms with van der Waals surface area (Å²) >= 11 is 0. The van der Waals surface area contributed by atoms with Crippen molar-refractivity contribution in [3.63, 3.8) is 0 Å². The molecule has 5 nitrogen and oxygen atoms in total. The molecule has 0 saturated carbocycles. The van der Waals surface area contributed by atoms with Crippen LogP contribution in [0.4, 0.5) is 5.69 Å². The molecule has 0 radical (unpaired) electrons. The van der Waals surface area contributed by atoms with Crippen LogP contribution in [0.3, 0.4) is 0 Å². The fraction of sp³-hybridized carbons (Fsp3) is 0.538. The van der Waals surface area contributed by atoms with Crippen molar-refractivity contribution in [2.24, 2.45) is 5.41 Å². The highest BCUT2D eigenvalue weighted by atomic mass is 16.7. The molecule has 1 amide bonds. The standard InChI is InChI=1S/C13H18N2O3/c1-13(2,3)12(16)15-9-5-4-6-14-10(9)11-17-7-8-18-11/h4-6,11H,7-8H2,1-3H3,(H,15,16). The maximum Gasteiger partial charge on any atom is 0.229 e. The van der Waals surface area contributed by atoms with Gasteiger partial charge in [-0.3, -0.25) is 9.78 Å². The Hall–Kier alpha value is -1.46. The summed E-state index contributed by atoms with van der Waals surface area (Å²) in [6, 6.07) is 3.58. The molecule has 2 rings (SSSR count). The van der Waals surface area contributed by atoms with Crippen LogP contribution < -0.4 is 5.32 Å². The lowest BCUT2D eigenvalue weighted by atomic mass is 9.95. The van der Waals surface area contributed by atoms with Gasteiger partial charge in [0, 0.05) is 11.6 Å². The van der Waals surface area contributed by atoms with Gasteiger partial charge in [0.15, 0.2) is 0 Å². The summed E-state index contributed by atoms with van der Waals surface area (Å²) < 4.78 is 10.8. The van der Waals surface area contributed by atoms with Crippen molar-refractivity contribution in [1.82, 2.24) is 4.98 Å². The van der Waals surface area contributed by atoms with Gasteiger partial charge in [-0.05, 0) is 12.1 Å². The third kappa shape index (κ3) is 2.86. The molecule has 0 atom stereocenters. The van der Waals surface area contributed by atoms with Crippen molar-refractivity contribution in [3.05, 3.63) is 24.0 Å². The second-order valence-corrected chi connectivity index (χ2v) is 5.21. The van der Waals surface area contributed by atoms with Crippen LogP contribution >= 0.6 is 0 Å². The van der Waals surface area contributed by atoms with Gasteiger partial charge in [-0.15, -0.1) is 0 Å². The molecule has 98 valence electrons. The fourth-order valence-corrected chi connectivity index (χ4v) is 1.54. The molecule has 1 fully saturated rings. The summed E-state index contributed by atoms with van der Waals surface area (Å²) in [7, 11) is 0. The van der Waals surface area contributed by atoms with Crippen LogP contribution in [0, 0.1) is 5.41 Å². The molecular formula is C13H18N2O3. The SMILES string of the molecule is CC(C)(C)C(=O)Nc1cccnc1C1OCCO1. The third-order valence-electron chi connectivity index (χ3n) is 2.61. The molecule has 18 heavy (non-hydrogen) atoms. The Kier molecular flexibility index (Phi) is 3.63. The van der Waals surface area contributed by atoms with E-state index in [1.807, 2.05) is 20.8 Å². The maximum absolute atomic E-state index is 12.0. The van der Waals surface area contributed by atoms with Crippen molar-refractivity contribution in [2.45, 2.75) is 27.1 Å². The lowest BCUT2D eigenvalue weighted by molar-refractivity contribution is -0.123. The highest BCUT2D eigenvalue weighted by molar-refractivity contribution is 5.94. The quantitative estimate of drug-likeness (QED) is 0.873. The Morgan fingerprint density at radius 1 is 1.39 bits per heavy atom. The monoisotopic (exact) mass is 250 g/mol. The molecule has 0 unspecified atom stereocenters. The average Bonchev–Trinajstić information content (AvgIpc) is 2.82. The summed E-state index contributed by atoms with van der Waals surface area (Å²) in [5, 5.41) is 2.87. The van der Waals surface area contributed by atoms with Gasteiger partial charge in [-0.1, -0.05) is 20.8 Å². The number of pyridine rings is 1. The highest BCUT2D eigenvalue weighted by Gasteiger charge is 2.26. The number of carbonyl (C=O) groups excluding carboxylic acids is 1. The van der Waals surface area contributed by atoms with Gasteiger partial charge in [-0.2, -0.15) is 0 Å². The fourth-order valence-electron chi connectivity index (χ4n) is 1.54. The Morgan fingerprint density at radius 2 is 2.06 bits per heavy atom. The molecule has 5 heteroatoms. The molecule has 0 aliphatic carbocycles. The van der Waals surface area contributed by atoms with Crippen molar-refractivity contribution in [1.29, 1.82) is 0 Å². The van der Waals surface area contributed by atoms with Crippen LogP contribution in [0.5, 0.6) is 0 Å². The number of carbonyl (C=O) groups is 1. The molecule has 1 N–H and O–H groups in total. The van der Waals surface area contributed by atoms with Crippen LogP contribution in [0.2, 0.25) is 0 Å². The molecule has 0 aromatic carbocycles. The third-order valence-corrected chi connectivity index (χ3v) is 2.61. The van der Waals surface area contributed by atoms with Crippen LogP contribution in [0.15, 0.2) is 18.3 Å². The summed E-state index contributed by atoms with van der Waals surface area (Å²) in [5.74, 6) is -0.0604. The molecular weight excluding hydrogens is 232 g/mol. The van der Waals surface area contributed by atoms with E-state index in [2.05, 4.69) is 10.3 Å². The largest absolute Gasteiger partial charge is 0.345 e. The van der Waals surface area contributed by atoms with Gasteiger partial charge >= 0.3 is 0 Å². The predicted octanol–water partition coefficient (Wildman–Crippen LogP) is 2.11. The first-order chi connectivity index (χ1) is 8.48. The number of amides is 1. The topological polar surface area (TPSA) is 60.5 Å². The smallest absolute Gasteiger partial charge is 0.229 e. The lowest BCUT2D eigenvalue weighted by Gasteiger charge is -2.20. The molecule has 1 aliphatic heterocycles. The number of aromatic nitrogens is 1. The Balaban J connectivity index is 2.20. The van der Waals surface area contributed by atoms with Crippen molar-refractivity contribution < 1.29 is 14.3 Å². The minimum atomic E-state index is -0.485. The van der Waals surface area contributed by atoms with Gasteiger partial charge in [0.2, 0.25) is 12.2 Å². The van der Waals surface area contributed by atoms with Gasteiger partial charge in [-0.25, -0.2) is 0 Å². The average molecular weight is 250 g/mol. The van der Waals surface area contributed by atoms with Crippen molar-refractivity contribution >= 4 is 11.6 Å². The number of rotatable bonds is 2. The van der Waals surface area contributed by atoms with E-state index in [4.69, 9.17) is 9.47 Å². The minimum Gasteiger partial charge on any atom is -0.345 e. The van der Waals surface area contributed by atoms with Gasteiger partial charge < -0.3 is 14.8 Å². The minimum absolute atomic E-state index is 0.0604. The van der Waals surface area contributed by atoms with E-state index in [0.717, 1.165) is 0 Å². The predicted molar refractivity (Wildman–Crippen MR) is 67.0 cm³/mol. The highest BCUT2D eigenvalue weighted by Crippen LogP contribution is 2.28. The van der Waals surface area contributed by atoms with Crippen LogP contribution in [0.25, 0.3) is 0 Å².